The molecule has 1 spiro atoms. The van der Waals surface area contributed by atoms with Gasteiger partial charge in [-0.15, -0.1) is 11.3 Å². The van der Waals surface area contributed by atoms with Crippen molar-refractivity contribution < 1.29 is 14.3 Å². The zero-order chi connectivity index (χ0) is 29.4. The molecule has 42 heavy (non-hydrogen) atoms. The fraction of sp³-hybridized carbons (Fsp3) is 0.417. The van der Waals surface area contributed by atoms with E-state index in [1.807, 2.05) is 19.1 Å². The first-order valence-electron chi connectivity index (χ1n) is 15.2. The van der Waals surface area contributed by atoms with E-state index in [0.717, 1.165) is 45.1 Å². The second-order valence-corrected chi connectivity index (χ2v) is 13.3. The van der Waals surface area contributed by atoms with Gasteiger partial charge in [0.25, 0.3) is 5.91 Å². The van der Waals surface area contributed by atoms with Crippen molar-refractivity contribution in [1.82, 2.24) is 9.80 Å². The van der Waals surface area contributed by atoms with E-state index in [2.05, 4.69) is 85.4 Å². The molecule has 0 bridgehead atoms. The quantitative estimate of drug-likeness (QED) is 0.200. The summed E-state index contributed by atoms with van der Waals surface area (Å²) in [6, 6.07) is 23.8. The van der Waals surface area contributed by atoms with Gasteiger partial charge in [0.05, 0.1) is 18.6 Å². The van der Waals surface area contributed by atoms with Gasteiger partial charge in [0.1, 0.15) is 11.5 Å². The summed E-state index contributed by atoms with van der Waals surface area (Å²) in [5, 5.41) is 1.18. The van der Waals surface area contributed by atoms with Crippen LogP contribution in [0.15, 0.2) is 66.7 Å². The standard InChI is InChI=1S/C36H42N2O3S/c1-6-41-31-16-13-26(25-11-14-29(40-5)15-12-25)21-27(31)23-38(33-22-36(33)19-17-28(18-20-36)37(3)4)35(39)34-24(2)30-9-7-8-10-32(30)42-34/h7-16,21,28,33H,6,17-20,22-23H2,1-5H3. The number of ether oxygens (including phenoxy) is 2. The lowest BCUT2D eigenvalue weighted by atomic mass is 9.82. The minimum Gasteiger partial charge on any atom is -0.497 e. The molecule has 5 nitrogen and oxygen atoms in total. The normalized spacial score (nSPS) is 21.6. The number of hydrogen-bond donors (Lipinski definition) is 0. The van der Waals surface area contributed by atoms with E-state index in [1.54, 1.807) is 18.4 Å². The number of rotatable bonds is 9. The van der Waals surface area contributed by atoms with E-state index in [0.29, 0.717) is 19.2 Å². The fourth-order valence-corrected chi connectivity index (χ4v) is 8.14. The van der Waals surface area contributed by atoms with Crippen LogP contribution in [0, 0.1) is 12.3 Å². The van der Waals surface area contributed by atoms with Crippen molar-refractivity contribution >= 4 is 27.3 Å². The third-order valence-corrected chi connectivity index (χ3v) is 10.9. The molecule has 1 heterocycles. The molecule has 2 fully saturated rings. The Morgan fingerprint density at radius 3 is 2.38 bits per heavy atom. The molecule has 6 rings (SSSR count). The van der Waals surface area contributed by atoms with Gasteiger partial charge in [-0.2, -0.15) is 0 Å². The molecular weight excluding hydrogens is 540 g/mol. The van der Waals surface area contributed by atoms with E-state index in [1.165, 1.54) is 35.8 Å². The van der Waals surface area contributed by atoms with Crippen molar-refractivity contribution in [1.29, 1.82) is 0 Å². The average molecular weight is 583 g/mol. The van der Waals surface area contributed by atoms with Gasteiger partial charge in [-0.05, 0) is 118 Å². The first kappa shape index (κ1) is 28.8. The first-order valence-corrected chi connectivity index (χ1v) is 16.0. The molecule has 1 amide bonds. The number of nitrogens with zero attached hydrogens (tertiary/aromatic N) is 2. The number of fused-ring (bicyclic) bond motifs is 1. The van der Waals surface area contributed by atoms with Crippen LogP contribution in [0.25, 0.3) is 21.2 Å². The molecule has 1 aromatic heterocycles. The number of amides is 1. The zero-order valence-electron chi connectivity index (χ0n) is 25.5. The van der Waals surface area contributed by atoms with Crippen molar-refractivity contribution in [2.24, 2.45) is 5.41 Å². The van der Waals surface area contributed by atoms with Gasteiger partial charge in [-0.25, -0.2) is 0 Å². The van der Waals surface area contributed by atoms with Crippen LogP contribution in [-0.4, -0.2) is 55.6 Å². The highest BCUT2D eigenvalue weighted by Gasteiger charge is 2.59. The van der Waals surface area contributed by atoms with Gasteiger partial charge >= 0.3 is 0 Å². The van der Waals surface area contributed by atoms with E-state index in [-0.39, 0.29) is 17.4 Å². The minimum atomic E-state index is 0.155. The van der Waals surface area contributed by atoms with Gasteiger partial charge in [0.15, 0.2) is 0 Å². The Labute approximate surface area is 254 Å². The summed E-state index contributed by atoms with van der Waals surface area (Å²) in [6.07, 6.45) is 5.85. The molecule has 0 saturated heterocycles. The monoisotopic (exact) mass is 582 g/mol. The number of thiophene rings is 1. The molecule has 3 aromatic carbocycles. The van der Waals surface area contributed by atoms with E-state index >= 15 is 0 Å². The molecule has 0 radical (unpaired) electrons. The molecule has 2 saturated carbocycles. The van der Waals surface area contributed by atoms with Gasteiger partial charge in [0, 0.05) is 28.9 Å². The van der Waals surface area contributed by atoms with Crippen LogP contribution in [0.5, 0.6) is 11.5 Å². The van der Waals surface area contributed by atoms with Crippen molar-refractivity contribution in [3.8, 4) is 22.6 Å². The van der Waals surface area contributed by atoms with Gasteiger partial charge in [-0.1, -0.05) is 36.4 Å². The lowest BCUT2D eigenvalue weighted by molar-refractivity contribution is 0.0678. The van der Waals surface area contributed by atoms with Crippen LogP contribution in [0.4, 0.5) is 0 Å². The first-order chi connectivity index (χ1) is 20.3. The Morgan fingerprint density at radius 2 is 1.71 bits per heavy atom. The van der Waals surface area contributed by atoms with Crippen molar-refractivity contribution in [3.05, 3.63) is 82.7 Å². The molecule has 2 aliphatic rings. The number of carbonyl (C=O) groups excluding carboxylic acids is 1. The Kier molecular flexibility index (Phi) is 8.03. The summed E-state index contributed by atoms with van der Waals surface area (Å²) in [5.74, 6) is 1.85. The number of carbonyl (C=O) groups is 1. The van der Waals surface area contributed by atoms with Crippen LogP contribution < -0.4 is 9.47 Å². The molecule has 0 aliphatic heterocycles. The lowest BCUT2D eigenvalue weighted by Crippen LogP contribution is -2.39. The van der Waals surface area contributed by atoms with Crippen LogP contribution >= 0.6 is 11.3 Å². The molecule has 4 aromatic rings. The highest BCUT2D eigenvalue weighted by Crippen LogP contribution is 2.60. The van der Waals surface area contributed by atoms with Crippen LogP contribution in [0.2, 0.25) is 0 Å². The molecule has 0 N–H and O–H groups in total. The Hall–Kier alpha value is -3.35. The number of methoxy groups -OCH3 is 1. The predicted molar refractivity (Wildman–Crippen MR) is 173 cm³/mol. The van der Waals surface area contributed by atoms with Crippen molar-refractivity contribution in [2.45, 2.75) is 64.6 Å². The summed E-state index contributed by atoms with van der Waals surface area (Å²) in [5.41, 5.74) is 4.60. The minimum absolute atomic E-state index is 0.155. The largest absolute Gasteiger partial charge is 0.497 e. The third-order valence-electron chi connectivity index (χ3n) is 9.63. The second-order valence-electron chi connectivity index (χ2n) is 12.2. The van der Waals surface area contributed by atoms with Crippen LogP contribution in [0.3, 0.4) is 0 Å². The molecule has 1 unspecified atom stereocenters. The summed E-state index contributed by atoms with van der Waals surface area (Å²) in [4.78, 5) is 20.0. The number of benzene rings is 3. The number of aryl methyl sites for hydroxylation is 1. The van der Waals surface area contributed by atoms with Gasteiger partial charge < -0.3 is 19.3 Å². The maximum Gasteiger partial charge on any atom is 0.264 e. The fourth-order valence-electron chi connectivity index (χ4n) is 6.98. The Morgan fingerprint density at radius 1 is 1.00 bits per heavy atom. The maximum absolute atomic E-state index is 14.6. The SMILES string of the molecule is CCOc1ccc(-c2ccc(OC)cc2)cc1CN(C(=O)c1sc2ccccc2c1C)C1CC12CCC(N(C)C)CC2. The number of hydrogen-bond acceptors (Lipinski definition) is 5. The van der Waals surface area contributed by atoms with E-state index in [4.69, 9.17) is 9.47 Å². The summed E-state index contributed by atoms with van der Waals surface area (Å²) < 4.78 is 12.7. The molecular formula is C36H42N2O3S. The summed E-state index contributed by atoms with van der Waals surface area (Å²) in [7, 11) is 6.07. The van der Waals surface area contributed by atoms with Gasteiger partial charge in [0.2, 0.25) is 0 Å². The smallest absolute Gasteiger partial charge is 0.264 e. The van der Waals surface area contributed by atoms with E-state index in [9.17, 15) is 4.79 Å². The summed E-state index contributed by atoms with van der Waals surface area (Å²) >= 11 is 1.63. The maximum atomic E-state index is 14.6. The molecule has 1 atom stereocenters. The molecule has 2 aliphatic carbocycles. The second kappa shape index (κ2) is 11.7. The van der Waals surface area contributed by atoms with Crippen LogP contribution in [-0.2, 0) is 6.54 Å². The van der Waals surface area contributed by atoms with E-state index < -0.39 is 0 Å². The zero-order valence-corrected chi connectivity index (χ0v) is 26.3. The summed E-state index contributed by atoms with van der Waals surface area (Å²) in [6.45, 7) is 5.24. The molecule has 220 valence electrons. The lowest BCUT2D eigenvalue weighted by Gasteiger charge is -2.35. The highest BCUT2D eigenvalue weighted by atomic mass is 32.1. The highest BCUT2D eigenvalue weighted by molar-refractivity contribution is 7.21. The van der Waals surface area contributed by atoms with Gasteiger partial charge in [-0.3, -0.25) is 4.79 Å². The Balaban J connectivity index is 1.37. The predicted octanol–water partition coefficient (Wildman–Crippen LogP) is 8.19. The van der Waals surface area contributed by atoms with Crippen molar-refractivity contribution in [2.75, 3.05) is 27.8 Å². The van der Waals surface area contributed by atoms with Crippen LogP contribution in [0.1, 0.15) is 59.8 Å². The molecule has 6 heteroatoms. The van der Waals surface area contributed by atoms with Crippen molar-refractivity contribution in [3.63, 3.8) is 0 Å². The Bertz CT molecular complexity index is 1570. The average Bonchev–Trinajstić information content (AvgIpc) is 3.59. The topological polar surface area (TPSA) is 42.0 Å². The third kappa shape index (κ3) is 5.43.